The van der Waals surface area contributed by atoms with E-state index in [-0.39, 0.29) is 50.9 Å². The third-order valence-electron chi connectivity index (χ3n) is 16.1. The number of ether oxygens (including phenoxy) is 2. The highest BCUT2D eigenvalue weighted by Crippen LogP contribution is 2.75. The predicted octanol–water partition coefficient (Wildman–Crippen LogP) is 10.7. The first-order valence-electron chi connectivity index (χ1n) is 20.1. The Morgan fingerprint density at radius 2 is 1.54 bits per heavy atom. The molecule has 3 unspecified atom stereocenters. The largest absolute Gasteiger partial charge is 0.497 e. The van der Waals surface area contributed by atoms with E-state index in [9.17, 15) is 9.59 Å². The Balaban J connectivity index is 1.12. The van der Waals surface area contributed by atoms with E-state index < -0.39 is 5.41 Å². The third kappa shape index (κ3) is 5.97. The molecule has 0 radical (unpaired) electrons. The van der Waals surface area contributed by atoms with Gasteiger partial charge in [0.1, 0.15) is 12.4 Å². The summed E-state index contributed by atoms with van der Waals surface area (Å²) in [5.74, 6) is 2.14. The van der Waals surface area contributed by atoms with Crippen molar-refractivity contribution in [2.24, 2.45) is 50.2 Å². The van der Waals surface area contributed by atoms with Gasteiger partial charge in [-0.15, -0.1) is 0 Å². The Hall–Kier alpha value is -3.34. The summed E-state index contributed by atoms with van der Waals surface area (Å²) >= 11 is 0. The first kappa shape index (κ1) is 37.0. The Labute approximate surface area is 313 Å². The molecule has 0 aliphatic heterocycles. The minimum atomic E-state index is -0.431. The molecule has 7 rings (SSSR count). The van der Waals surface area contributed by atoms with Crippen LogP contribution in [-0.2, 0) is 20.9 Å². The van der Waals surface area contributed by atoms with Crippen LogP contribution in [0.1, 0.15) is 124 Å². The van der Waals surface area contributed by atoms with Crippen molar-refractivity contribution in [3.8, 4) is 5.75 Å². The van der Waals surface area contributed by atoms with Gasteiger partial charge in [0, 0.05) is 12.1 Å². The second kappa shape index (κ2) is 13.2. The van der Waals surface area contributed by atoms with Gasteiger partial charge in [-0.1, -0.05) is 103 Å². The van der Waals surface area contributed by atoms with E-state index in [4.69, 9.17) is 9.47 Å². The second-order valence-corrected chi connectivity index (χ2v) is 19.5. The van der Waals surface area contributed by atoms with Crippen LogP contribution < -0.4 is 10.1 Å². The number of amides is 1. The van der Waals surface area contributed by atoms with Crippen LogP contribution in [0.25, 0.3) is 6.08 Å². The van der Waals surface area contributed by atoms with Crippen molar-refractivity contribution in [1.82, 2.24) is 5.32 Å². The molecule has 4 fully saturated rings. The lowest BCUT2D eigenvalue weighted by Crippen LogP contribution is -2.66. The summed E-state index contributed by atoms with van der Waals surface area (Å²) in [6.07, 6.45) is 16.8. The highest BCUT2D eigenvalue weighted by atomic mass is 16.5. The number of rotatable bonds is 7. The van der Waals surface area contributed by atoms with Crippen LogP contribution in [0.4, 0.5) is 0 Å². The van der Waals surface area contributed by atoms with Crippen LogP contribution in [0.15, 0.2) is 72.3 Å². The minimum Gasteiger partial charge on any atom is -0.497 e. The zero-order chi connectivity index (χ0) is 37.2. The van der Waals surface area contributed by atoms with Gasteiger partial charge in [-0.2, -0.15) is 0 Å². The number of benzene rings is 2. The Kier molecular flexibility index (Phi) is 9.39. The molecule has 0 heterocycles. The van der Waals surface area contributed by atoms with Crippen molar-refractivity contribution in [2.75, 3.05) is 7.11 Å². The molecule has 0 spiro atoms. The molecule has 2 aromatic carbocycles. The number of nitrogens with one attached hydrogen (secondary N) is 1. The molecular formula is C47H63NO4. The van der Waals surface area contributed by atoms with E-state index in [1.165, 1.54) is 12.8 Å². The van der Waals surface area contributed by atoms with E-state index in [0.29, 0.717) is 18.4 Å². The van der Waals surface area contributed by atoms with E-state index in [2.05, 4.69) is 72.0 Å². The Bertz CT molecular complexity index is 1720. The summed E-state index contributed by atoms with van der Waals surface area (Å²) in [6, 6.07) is 18.1. The monoisotopic (exact) mass is 705 g/mol. The molecule has 5 aliphatic rings. The highest BCUT2D eigenvalue weighted by Gasteiger charge is 2.69. The van der Waals surface area contributed by atoms with Crippen LogP contribution in [0.5, 0.6) is 5.75 Å². The molecule has 4 saturated carbocycles. The number of methoxy groups -OCH3 is 1. The molecule has 0 aromatic heterocycles. The maximum Gasteiger partial charge on any atom is 0.313 e. The quantitative estimate of drug-likeness (QED) is 0.177. The summed E-state index contributed by atoms with van der Waals surface area (Å²) < 4.78 is 11.5. The maximum atomic E-state index is 14.3. The van der Waals surface area contributed by atoms with Crippen molar-refractivity contribution >= 4 is 18.0 Å². The third-order valence-corrected chi connectivity index (χ3v) is 16.1. The van der Waals surface area contributed by atoms with Gasteiger partial charge in [-0.05, 0) is 138 Å². The molecule has 52 heavy (non-hydrogen) atoms. The molecule has 5 nitrogen and oxygen atoms in total. The average molecular weight is 706 g/mol. The second-order valence-electron chi connectivity index (χ2n) is 19.5. The highest BCUT2D eigenvalue weighted by molar-refractivity contribution is 5.92. The van der Waals surface area contributed by atoms with Gasteiger partial charge in [-0.25, -0.2) is 0 Å². The standard InChI is InChI=1S/C47H63NO4/c1-42(2)26-28-47(41(50)52-31-33-12-10-9-11-13-33)29-27-45(6)35(36(47)30-42)19-20-38-44(5)24-23-39(43(3,4)37(44)22-25-46(38,45)7)48-40(49)21-16-32-14-17-34(51-8)18-15-32/h9-19,21,36-39H,20,22-31H2,1-8H3,(H,48,49)/b21-16+/t36?,37?,38?,39-,44+,45-,46-,47+/m1/s1. The van der Waals surface area contributed by atoms with Crippen molar-refractivity contribution in [1.29, 1.82) is 0 Å². The van der Waals surface area contributed by atoms with Crippen LogP contribution in [0, 0.1) is 50.2 Å². The molecule has 1 N–H and O–H groups in total. The number of esters is 1. The first-order valence-corrected chi connectivity index (χ1v) is 20.1. The molecule has 280 valence electrons. The molecule has 5 heteroatoms. The molecule has 2 aromatic rings. The van der Waals surface area contributed by atoms with Crippen LogP contribution >= 0.6 is 0 Å². The van der Waals surface area contributed by atoms with E-state index in [1.807, 2.05) is 48.5 Å². The maximum absolute atomic E-state index is 14.3. The molecular weight excluding hydrogens is 643 g/mol. The lowest BCUT2D eigenvalue weighted by Gasteiger charge is -2.71. The van der Waals surface area contributed by atoms with Gasteiger partial charge in [-0.3, -0.25) is 9.59 Å². The summed E-state index contributed by atoms with van der Waals surface area (Å²) in [6.45, 7) is 17.8. The number of hydrogen-bond acceptors (Lipinski definition) is 4. The van der Waals surface area contributed by atoms with Gasteiger partial charge in [0.2, 0.25) is 5.91 Å². The minimum absolute atomic E-state index is 0.0145. The summed E-state index contributed by atoms with van der Waals surface area (Å²) in [5.41, 5.74) is 3.73. The van der Waals surface area contributed by atoms with Crippen molar-refractivity contribution in [3.63, 3.8) is 0 Å². The fourth-order valence-corrected chi connectivity index (χ4v) is 12.8. The van der Waals surface area contributed by atoms with Crippen LogP contribution in [0.3, 0.4) is 0 Å². The van der Waals surface area contributed by atoms with Crippen LogP contribution in [0.2, 0.25) is 0 Å². The van der Waals surface area contributed by atoms with Gasteiger partial charge < -0.3 is 14.8 Å². The zero-order valence-electron chi connectivity index (χ0n) is 33.1. The van der Waals surface area contributed by atoms with Crippen LogP contribution in [-0.4, -0.2) is 25.0 Å². The van der Waals surface area contributed by atoms with Gasteiger partial charge in [0.25, 0.3) is 0 Å². The summed E-state index contributed by atoms with van der Waals surface area (Å²) in [4.78, 5) is 27.6. The molecule has 1 amide bonds. The predicted molar refractivity (Wildman–Crippen MR) is 209 cm³/mol. The van der Waals surface area contributed by atoms with Gasteiger partial charge in [0.15, 0.2) is 0 Å². The molecule has 0 saturated heterocycles. The topological polar surface area (TPSA) is 64.6 Å². The summed E-state index contributed by atoms with van der Waals surface area (Å²) in [7, 11) is 1.66. The number of carbonyl (C=O) groups excluding carboxylic acids is 2. The van der Waals surface area contributed by atoms with E-state index in [0.717, 1.165) is 68.2 Å². The molecule has 8 atom stereocenters. The van der Waals surface area contributed by atoms with Gasteiger partial charge in [0.05, 0.1) is 12.5 Å². The Morgan fingerprint density at radius 1 is 0.827 bits per heavy atom. The fourth-order valence-electron chi connectivity index (χ4n) is 12.8. The average Bonchev–Trinajstić information content (AvgIpc) is 3.11. The summed E-state index contributed by atoms with van der Waals surface area (Å²) in [5, 5.41) is 3.45. The normalized spacial score (nSPS) is 37.3. The first-order chi connectivity index (χ1) is 24.6. The number of hydrogen-bond donors (Lipinski definition) is 1. The smallest absolute Gasteiger partial charge is 0.313 e. The Morgan fingerprint density at radius 3 is 2.25 bits per heavy atom. The fraction of sp³-hybridized carbons (Fsp3) is 0.617. The zero-order valence-corrected chi connectivity index (χ0v) is 33.1. The molecule has 5 aliphatic carbocycles. The van der Waals surface area contributed by atoms with E-state index >= 15 is 0 Å². The van der Waals surface area contributed by atoms with Crippen molar-refractivity contribution in [2.45, 2.75) is 125 Å². The van der Waals surface area contributed by atoms with Gasteiger partial charge >= 0.3 is 5.97 Å². The van der Waals surface area contributed by atoms with Crippen molar-refractivity contribution in [3.05, 3.63) is 83.4 Å². The lowest BCUT2D eigenvalue weighted by molar-refractivity contribution is -0.194. The SMILES string of the molecule is COc1ccc(/C=C/C(=O)N[C@@H]2CC[C@@]3(C)C(CC[C@]4(C)C3CC=C3C5CC(C)(C)CC[C@]5(C(=O)OCc5ccccc5)CC[C@]34C)C2(C)C)cc1. The number of fused-ring (bicyclic) bond motifs is 7. The number of allylic oxidation sites excluding steroid dienone is 2. The molecule has 0 bridgehead atoms. The van der Waals surface area contributed by atoms with Crippen molar-refractivity contribution < 1.29 is 19.1 Å². The lowest BCUT2D eigenvalue weighted by atomic mass is 9.33. The number of carbonyl (C=O) groups is 2. The van der Waals surface area contributed by atoms with E-state index in [1.54, 1.807) is 18.8 Å².